The number of rotatable bonds is 9. The fourth-order valence-corrected chi connectivity index (χ4v) is 4.04. The first-order valence-electron chi connectivity index (χ1n) is 12.3. The van der Waals surface area contributed by atoms with Crippen LogP contribution in [0.1, 0.15) is 51.8 Å². The Morgan fingerprint density at radius 1 is 1.06 bits per heavy atom. The number of carbonyl (C=O) groups excluding carboxylic acids is 2. The fraction of sp³-hybridized carbons (Fsp3) is 0.393. The molecule has 1 heterocycles. The summed E-state index contributed by atoms with van der Waals surface area (Å²) >= 11 is 1.64. The molecular formula is C28H37N5O2S. The lowest BCUT2D eigenvalue weighted by molar-refractivity contribution is -0.116. The molecule has 3 rings (SSSR count). The third-order valence-corrected chi connectivity index (χ3v) is 6.48. The summed E-state index contributed by atoms with van der Waals surface area (Å²) in [6, 6.07) is 17.3. The monoisotopic (exact) mass is 507 g/mol. The fourth-order valence-electron chi connectivity index (χ4n) is 3.63. The molecule has 7 nitrogen and oxygen atoms in total. The maximum Gasteiger partial charge on any atom is 0.322 e. The molecule has 0 saturated carbocycles. The molecule has 0 unspecified atom stereocenters. The standard InChI is InChI=1S/C28H37N5O2S/c1-7-8-16-32(27(35)29-21-12-14-23(36-6)15-13-21)19-26(34)30-25-18-24(28(3,4)5)31-33(25)22-11-9-10-20(2)17-22/h9-15,17-18H,7-8,16,19H2,1-6H3,(H,29,35)(H,30,34). The molecule has 0 bridgehead atoms. The van der Waals surface area contributed by atoms with Crippen LogP contribution in [-0.2, 0) is 10.2 Å². The van der Waals surface area contributed by atoms with Gasteiger partial charge in [-0.3, -0.25) is 4.79 Å². The van der Waals surface area contributed by atoms with Gasteiger partial charge < -0.3 is 15.5 Å². The number of nitrogens with zero attached hydrogens (tertiary/aromatic N) is 3. The Hall–Kier alpha value is -3.26. The summed E-state index contributed by atoms with van der Waals surface area (Å²) < 4.78 is 1.76. The average Bonchev–Trinajstić information content (AvgIpc) is 3.26. The van der Waals surface area contributed by atoms with E-state index in [-0.39, 0.29) is 23.9 Å². The van der Waals surface area contributed by atoms with E-state index in [1.54, 1.807) is 21.3 Å². The number of thioether (sulfide) groups is 1. The largest absolute Gasteiger partial charge is 0.322 e. The first-order chi connectivity index (χ1) is 17.1. The van der Waals surface area contributed by atoms with Gasteiger partial charge in [0.05, 0.1) is 11.4 Å². The van der Waals surface area contributed by atoms with Gasteiger partial charge >= 0.3 is 6.03 Å². The summed E-state index contributed by atoms with van der Waals surface area (Å²) in [5.41, 5.74) is 3.36. The molecule has 3 aromatic rings. The molecule has 0 saturated heterocycles. The minimum Gasteiger partial charge on any atom is -0.315 e. The van der Waals surface area contributed by atoms with Crippen LogP contribution in [0.25, 0.3) is 5.69 Å². The van der Waals surface area contributed by atoms with Crippen LogP contribution in [0.4, 0.5) is 16.3 Å². The number of aromatic nitrogens is 2. The van der Waals surface area contributed by atoms with Gasteiger partial charge in [0.1, 0.15) is 12.4 Å². The van der Waals surface area contributed by atoms with Gasteiger partial charge in [-0.1, -0.05) is 46.2 Å². The zero-order valence-electron chi connectivity index (χ0n) is 22.1. The molecule has 2 N–H and O–H groups in total. The molecule has 0 fully saturated rings. The second-order valence-electron chi connectivity index (χ2n) is 9.90. The topological polar surface area (TPSA) is 79.3 Å². The van der Waals surface area contributed by atoms with Crippen LogP contribution in [0.15, 0.2) is 59.5 Å². The van der Waals surface area contributed by atoms with Crippen molar-refractivity contribution in [1.29, 1.82) is 0 Å². The second kappa shape index (κ2) is 12.1. The number of nitrogens with one attached hydrogen (secondary N) is 2. The Labute approximate surface area is 218 Å². The zero-order chi connectivity index (χ0) is 26.3. The molecule has 0 aliphatic heterocycles. The van der Waals surface area contributed by atoms with Crippen molar-refractivity contribution in [3.8, 4) is 5.69 Å². The predicted molar refractivity (Wildman–Crippen MR) is 149 cm³/mol. The molecule has 1 aromatic heterocycles. The number of anilines is 2. The van der Waals surface area contributed by atoms with E-state index in [4.69, 9.17) is 5.10 Å². The lowest BCUT2D eigenvalue weighted by Gasteiger charge is -2.22. The molecule has 2 aromatic carbocycles. The van der Waals surface area contributed by atoms with Crippen LogP contribution in [-0.4, -0.2) is 46.0 Å². The van der Waals surface area contributed by atoms with Crippen molar-refractivity contribution in [1.82, 2.24) is 14.7 Å². The van der Waals surface area contributed by atoms with Crippen LogP contribution in [0, 0.1) is 6.92 Å². The van der Waals surface area contributed by atoms with Gasteiger partial charge in [0, 0.05) is 28.6 Å². The van der Waals surface area contributed by atoms with E-state index in [1.165, 1.54) is 0 Å². The van der Waals surface area contributed by atoms with Gasteiger partial charge in [0.25, 0.3) is 0 Å². The minimum absolute atomic E-state index is 0.0570. The molecule has 0 spiro atoms. The first-order valence-corrected chi connectivity index (χ1v) is 13.5. The van der Waals surface area contributed by atoms with Gasteiger partial charge in [-0.15, -0.1) is 11.8 Å². The van der Waals surface area contributed by atoms with Crippen LogP contribution >= 0.6 is 11.8 Å². The van der Waals surface area contributed by atoms with Gasteiger partial charge in [0.15, 0.2) is 0 Å². The molecular weight excluding hydrogens is 470 g/mol. The average molecular weight is 508 g/mol. The van der Waals surface area contributed by atoms with Crippen molar-refractivity contribution in [3.05, 3.63) is 65.9 Å². The molecule has 0 aliphatic rings. The van der Waals surface area contributed by atoms with Gasteiger partial charge in [-0.25, -0.2) is 9.48 Å². The number of carbonyl (C=O) groups is 2. The Balaban J connectivity index is 1.79. The van der Waals surface area contributed by atoms with E-state index in [9.17, 15) is 9.59 Å². The molecule has 0 atom stereocenters. The number of hydrogen-bond acceptors (Lipinski definition) is 4. The maximum atomic E-state index is 13.2. The normalized spacial score (nSPS) is 11.3. The highest BCUT2D eigenvalue weighted by atomic mass is 32.2. The number of aryl methyl sites for hydroxylation is 1. The molecule has 0 radical (unpaired) electrons. The molecule has 0 aliphatic carbocycles. The van der Waals surface area contributed by atoms with Crippen LogP contribution in [0.2, 0.25) is 0 Å². The quantitative estimate of drug-likeness (QED) is 0.325. The van der Waals surface area contributed by atoms with Crippen molar-refractivity contribution >= 4 is 35.2 Å². The SMILES string of the molecule is CCCCN(CC(=O)Nc1cc(C(C)(C)C)nn1-c1cccc(C)c1)C(=O)Nc1ccc(SC)cc1. The van der Waals surface area contributed by atoms with E-state index in [2.05, 4.69) is 38.3 Å². The van der Waals surface area contributed by atoms with E-state index >= 15 is 0 Å². The summed E-state index contributed by atoms with van der Waals surface area (Å²) in [4.78, 5) is 28.9. The Morgan fingerprint density at radius 2 is 1.78 bits per heavy atom. The lowest BCUT2D eigenvalue weighted by atomic mass is 9.92. The third-order valence-electron chi connectivity index (χ3n) is 5.74. The number of benzene rings is 2. The zero-order valence-corrected chi connectivity index (χ0v) is 22.9. The van der Waals surface area contributed by atoms with Crippen molar-refractivity contribution in [2.24, 2.45) is 0 Å². The van der Waals surface area contributed by atoms with Crippen molar-refractivity contribution in [2.45, 2.75) is 57.8 Å². The van der Waals surface area contributed by atoms with E-state index < -0.39 is 0 Å². The maximum absolute atomic E-state index is 13.2. The second-order valence-corrected chi connectivity index (χ2v) is 10.8. The third kappa shape index (κ3) is 7.37. The van der Waals surface area contributed by atoms with E-state index in [1.807, 2.05) is 67.8 Å². The van der Waals surface area contributed by atoms with Crippen LogP contribution < -0.4 is 10.6 Å². The molecule has 8 heteroatoms. The summed E-state index contributed by atoms with van der Waals surface area (Å²) in [6.07, 6.45) is 3.73. The predicted octanol–water partition coefficient (Wildman–Crippen LogP) is 6.47. The number of urea groups is 1. The minimum atomic E-state index is -0.293. The highest BCUT2D eigenvalue weighted by Gasteiger charge is 2.23. The van der Waals surface area contributed by atoms with E-state index in [0.717, 1.165) is 34.7 Å². The Bertz CT molecular complexity index is 1180. The van der Waals surface area contributed by atoms with Crippen molar-refractivity contribution < 1.29 is 9.59 Å². The van der Waals surface area contributed by atoms with Gasteiger partial charge in [0.2, 0.25) is 5.91 Å². The summed E-state index contributed by atoms with van der Waals surface area (Å²) in [5, 5.41) is 10.7. The summed E-state index contributed by atoms with van der Waals surface area (Å²) in [7, 11) is 0. The Kier molecular flexibility index (Phi) is 9.20. The number of hydrogen-bond donors (Lipinski definition) is 2. The molecule has 192 valence electrons. The number of unbranched alkanes of at least 4 members (excludes halogenated alkanes) is 1. The molecule has 3 amide bonds. The smallest absolute Gasteiger partial charge is 0.315 e. The van der Waals surface area contributed by atoms with E-state index in [0.29, 0.717) is 18.1 Å². The van der Waals surface area contributed by atoms with Gasteiger partial charge in [-0.05, 0) is 61.6 Å². The highest BCUT2D eigenvalue weighted by Crippen LogP contribution is 2.26. The summed E-state index contributed by atoms with van der Waals surface area (Å²) in [5.74, 6) is 0.312. The van der Waals surface area contributed by atoms with Crippen molar-refractivity contribution in [3.63, 3.8) is 0 Å². The first kappa shape index (κ1) is 27.3. The molecule has 36 heavy (non-hydrogen) atoms. The number of amides is 3. The lowest BCUT2D eigenvalue weighted by Crippen LogP contribution is -2.41. The van der Waals surface area contributed by atoms with Gasteiger partial charge in [-0.2, -0.15) is 5.10 Å². The summed E-state index contributed by atoms with van der Waals surface area (Å²) in [6.45, 7) is 10.8. The highest BCUT2D eigenvalue weighted by molar-refractivity contribution is 7.98. The van der Waals surface area contributed by atoms with Crippen LogP contribution in [0.3, 0.4) is 0 Å². The van der Waals surface area contributed by atoms with Crippen molar-refractivity contribution in [2.75, 3.05) is 30.0 Å². The Morgan fingerprint density at radius 3 is 2.39 bits per heavy atom. The van der Waals surface area contributed by atoms with Crippen LogP contribution in [0.5, 0.6) is 0 Å².